The highest BCUT2D eigenvalue weighted by atomic mass is 19.4. The van der Waals surface area contributed by atoms with E-state index in [-0.39, 0.29) is 6.04 Å². The van der Waals surface area contributed by atoms with Crippen LogP contribution in [0.1, 0.15) is 25.0 Å². The first-order valence-corrected chi connectivity index (χ1v) is 6.44. The molecule has 0 aliphatic carbocycles. The Morgan fingerprint density at radius 1 is 1.26 bits per heavy atom. The lowest BCUT2D eigenvalue weighted by atomic mass is 10.0. The van der Waals surface area contributed by atoms with Gasteiger partial charge in [-0.3, -0.25) is 0 Å². The summed E-state index contributed by atoms with van der Waals surface area (Å²) in [7, 11) is 0. The second kappa shape index (κ2) is 7.50. The number of ether oxygens (including phenoxy) is 1. The minimum atomic E-state index is -4.29. The summed E-state index contributed by atoms with van der Waals surface area (Å²) in [4.78, 5) is 0. The minimum absolute atomic E-state index is 0.0356. The molecule has 0 saturated carbocycles. The highest BCUT2D eigenvalue weighted by molar-refractivity contribution is 5.26. The Morgan fingerprint density at radius 3 is 2.58 bits per heavy atom. The van der Waals surface area contributed by atoms with Crippen LogP contribution in [-0.2, 0) is 17.3 Å². The maximum Gasteiger partial charge on any atom is 0.416 e. The molecule has 0 aliphatic rings. The number of hydrogen-bond donors (Lipinski definition) is 1. The van der Waals surface area contributed by atoms with Crippen molar-refractivity contribution in [3.8, 4) is 0 Å². The van der Waals surface area contributed by atoms with Crippen molar-refractivity contribution in [2.24, 2.45) is 0 Å². The van der Waals surface area contributed by atoms with Crippen molar-refractivity contribution in [2.45, 2.75) is 32.5 Å². The van der Waals surface area contributed by atoms with Crippen LogP contribution in [0.15, 0.2) is 24.3 Å². The second-order valence-electron chi connectivity index (χ2n) is 4.32. The smallest absolute Gasteiger partial charge is 0.380 e. The summed E-state index contributed by atoms with van der Waals surface area (Å²) in [5.41, 5.74) is 0.0668. The standard InChI is InChI=1S/C14H20F3NO/c1-3-18-13(10-19-4-2)9-11-6-5-7-12(8-11)14(15,16)17/h5-8,13,18H,3-4,9-10H2,1-2H3. The van der Waals surface area contributed by atoms with Crippen LogP contribution in [0.25, 0.3) is 0 Å². The Morgan fingerprint density at radius 2 is 2.00 bits per heavy atom. The average Bonchev–Trinajstić information content (AvgIpc) is 2.35. The van der Waals surface area contributed by atoms with Gasteiger partial charge in [-0.2, -0.15) is 13.2 Å². The number of likely N-dealkylation sites (N-methyl/N-ethyl adjacent to an activating group) is 1. The van der Waals surface area contributed by atoms with Crippen LogP contribution in [0.5, 0.6) is 0 Å². The maximum atomic E-state index is 12.6. The summed E-state index contributed by atoms with van der Waals surface area (Å²) in [6, 6.07) is 5.49. The van der Waals surface area contributed by atoms with Crippen molar-refractivity contribution < 1.29 is 17.9 Å². The van der Waals surface area contributed by atoms with Gasteiger partial charge in [-0.05, 0) is 31.5 Å². The Hall–Kier alpha value is -1.07. The van der Waals surface area contributed by atoms with E-state index in [2.05, 4.69) is 5.32 Å². The summed E-state index contributed by atoms with van der Waals surface area (Å²) in [6.45, 7) is 5.72. The highest BCUT2D eigenvalue weighted by Crippen LogP contribution is 2.29. The van der Waals surface area contributed by atoms with Crippen molar-refractivity contribution in [1.82, 2.24) is 5.32 Å². The number of alkyl halides is 3. The summed E-state index contributed by atoms with van der Waals surface area (Å²) in [5, 5.41) is 3.22. The third-order valence-electron chi connectivity index (χ3n) is 2.75. The molecule has 1 unspecified atom stereocenters. The molecule has 1 rings (SSSR count). The van der Waals surface area contributed by atoms with Gasteiger partial charge in [0.2, 0.25) is 0 Å². The van der Waals surface area contributed by atoms with Gasteiger partial charge in [-0.1, -0.05) is 25.1 Å². The molecule has 0 spiro atoms. The second-order valence-corrected chi connectivity index (χ2v) is 4.32. The summed E-state index contributed by atoms with van der Waals surface area (Å²) >= 11 is 0. The molecule has 1 atom stereocenters. The van der Waals surface area contributed by atoms with E-state index in [1.54, 1.807) is 6.07 Å². The number of halogens is 3. The van der Waals surface area contributed by atoms with Crippen molar-refractivity contribution in [3.05, 3.63) is 35.4 Å². The third kappa shape index (κ3) is 5.61. The molecule has 0 heterocycles. The molecular formula is C14H20F3NO. The monoisotopic (exact) mass is 275 g/mol. The molecule has 0 saturated heterocycles. The molecule has 0 radical (unpaired) electrons. The van der Waals surface area contributed by atoms with Crippen LogP contribution in [0.2, 0.25) is 0 Å². The van der Waals surface area contributed by atoms with E-state index in [0.717, 1.165) is 12.6 Å². The van der Waals surface area contributed by atoms with Gasteiger partial charge in [0, 0.05) is 12.6 Å². The van der Waals surface area contributed by atoms with E-state index in [1.807, 2.05) is 13.8 Å². The zero-order chi connectivity index (χ0) is 14.3. The van der Waals surface area contributed by atoms with Gasteiger partial charge >= 0.3 is 6.18 Å². The van der Waals surface area contributed by atoms with Gasteiger partial charge in [-0.15, -0.1) is 0 Å². The van der Waals surface area contributed by atoms with Gasteiger partial charge in [0.15, 0.2) is 0 Å². The number of nitrogens with one attached hydrogen (secondary N) is 1. The SMILES string of the molecule is CCNC(COCC)Cc1cccc(C(F)(F)F)c1. The first-order valence-electron chi connectivity index (χ1n) is 6.44. The quantitative estimate of drug-likeness (QED) is 0.824. The molecule has 0 amide bonds. The Labute approximate surface area is 112 Å². The predicted molar refractivity (Wildman–Crippen MR) is 69.1 cm³/mol. The molecule has 5 heteroatoms. The fourth-order valence-corrected chi connectivity index (χ4v) is 1.90. The van der Waals surface area contributed by atoms with E-state index >= 15 is 0 Å². The summed E-state index contributed by atoms with van der Waals surface area (Å²) in [6.07, 6.45) is -3.76. The molecular weight excluding hydrogens is 255 g/mol. The van der Waals surface area contributed by atoms with Crippen molar-refractivity contribution >= 4 is 0 Å². The van der Waals surface area contributed by atoms with E-state index in [1.165, 1.54) is 12.1 Å². The van der Waals surface area contributed by atoms with Crippen molar-refractivity contribution in [1.29, 1.82) is 0 Å². The minimum Gasteiger partial charge on any atom is -0.380 e. The van der Waals surface area contributed by atoms with Gasteiger partial charge in [0.05, 0.1) is 12.2 Å². The van der Waals surface area contributed by atoms with Crippen LogP contribution in [0.4, 0.5) is 13.2 Å². The average molecular weight is 275 g/mol. The van der Waals surface area contributed by atoms with Crippen molar-refractivity contribution in [2.75, 3.05) is 19.8 Å². The molecule has 1 aromatic rings. The fraction of sp³-hybridized carbons (Fsp3) is 0.571. The largest absolute Gasteiger partial charge is 0.416 e. The van der Waals surface area contributed by atoms with Crippen LogP contribution in [0, 0.1) is 0 Å². The first kappa shape index (κ1) is 16.0. The lowest BCUT2D eigenvalue weighted by Gasteiger charge is -2.18. The van der Waals surface area contributed by atoms with Gasteiger partial charge in [-0.25, -0.2) is 0 Å². The highest BCUT2D eigenvalue weighted by Gasteiger charge is 2.30. The Bertz CT molecular complexity index is 379. The maximum absolute atomic E-state index is 12.6. The summed E-state index contributed by atoms with van der Waals surface area (Å²) < 4.78 is 43.2. The van der Waals surface area contributed by atoms with E-state index in [4.69, 9.17) is 4.74 Å². The lowest BCUT2D eigenvalue weighted by Crippen LogP contribution is -2.35. The summed E-state index contributed by atoms with van der Waals surface area (Å²) in [5.74, 6) is 0. The van der Waals surface area contributed by atoms with Gasteiger partial charge in [0.1, 0.15) is 0 Å². The molecule has 1 N–H and O–H groups in total. The number of benzene rings is 1. The molecule has 0 aliphatic heterocycles. The van der Waals surface area contributed by atoms with Gasteiger partial charge < -0.3 is 10.1 Å². The molecule has 0 aromatic heterocycles. The van der Waals surface area contributed by atoms with E-state index in [9.17, 15) is 13.2 Å². The van der Waals surface area contributed by atoms with Gasteiger partial charge in [0.25, 0.3) is 0 Å². The number of hydrogen-bond acceptors (Lipinski definition) is 2. The first-order chi connectivity index (χ1) is 8.97. The van der Waals surface area contributed by atoms with Crippen molar-refractivity contribution in [3.63, 3.8) is 0 Å². The van der Waals surface area contributed by atoms with Crippen LogP contribution in [0.3, 0.4) is 0 Å². The number of rotatable bonds is 7. The molecule has 0 bridgehead atoms. The molecule has 1 aromatic carbocycles. The van der Waals surface area contributed by atoms with E-state index in [0.29, 0.717) is 25.2 Å². The Balaban J connectivity index is 2.73. The molecule has 2 nitrogen and oxygen atoms in total. The van der Waals surface area contributed by atoms with E-state index < -0.39 is 11.7 Å². The zero-order valence-electron chi connectivity index (χ0n) is 11.3. The predicted octanol–water partition coefficient (Wildman–Crippen LogP) is 3.26. The fourth-order valence-electron chi connectivity index (χ4n) is 1.90. The van der Waals surface area contributed by atoms with Crippen LogP contribution < -0.4 is 5.32 Å². The molecule has 108 valence electrons. The topological polar surface area (TPSA) is 21.3 Å². The zero-order valence-corrected chi connectivity index (χ0v) is 11.3. The molecule has 0 fully saturated rings. The molecule has 19 heavy (non-hydrogen) atoms. The van der Waals surface area contributed by atoms with Crippen LogP contribution >= 0.6 is 0 Å². The Kier molecular flexibility index (Phi) is 6.31. The normalized spacial score (nSPS) is 13.5. The lowest BCUT2D eigenvalue weighted by molar-refractivity contribution is -0.137. The van der Waals surface area contributed by atoms with Crippen LogP contribution in [-0.4, -0.2) is 25.8 Å². The third-order valence-corrected chi connectivity index (χ3v) is 2.75.